The van der Waals surface area contributed by atoms with Crippen molar-refractivity contribution in [3.63, 3.8) is 0 Å². The minimum Gasteiger partial charge on any atom is -0.310 e. The summed E-state index contributed by atoms with van der Waals surface area (Å²) in [7, 11) is 0. The average Bonchev–Trinajstić information content (AvgIpc) is 2.98. The number of hydrogen-bond donors (Lipinski definition) is 1. The molecular weight excluding hydrogens is 260 g/mol. The molecule has 0 spiro atoms. The van der Waals surface area contributed by atoms with Gasteiger partial charge in [-0.15, -0.1) is 0 Å². The molecule has 21 heavy (non-hydrogen) atoms. The van der Waals surface area contributed by atoms with Gasteiger partial charge >= 0.3 is 0 Å². The molecule has 0 fully saturated rings. The number of fused-ring (bicyclic) bond motifs is 2. The maximum Gasteiger partial charge on any atom is 0.244 e. The summed E-state index contributed by atoms with van der Waals surface area (Å²) in [6, 6.07) is 16.5. The molecule has 0 saturated carbocycles. The molecule has 1 N–H and O–H groups in total. The van der Waals surface area contributed by atoms with Crippen LogP contribution in [0.3, 0.4) is 0 Å². The Morgan fingerprint density at radius 1 is 1.00 bits per heavy atom. The summed E-state index contributed by atoms with van der Waals surface area (Å²) in [5.41, 5.74) is 4.97. The van der Waals surface area contributed by atoms with Gasteiger partial charge in [-0.25, -0.2) is 0 Å². The number of carbonyl (C=O) groups is 1. The van der Waals surface area contributed by atoms with Crippen LogP contribution in [0.2, 0.25) is 0 Å². The van der Waals surface area contributed by atoms with Gasteiger partial charge in [0.25, 0.3) is 0 Å². The van der Waals surface area contributed by atoms with E-state index in [0.717, 1.165) is 31.6 Å². The molecule has 2 aromatic carbocycles. The van der Waals surface area contributed by atoms with Crippen molar-refractivity contribution in [3.05, 3.63) is 65.2 Å². The number of hydrogen-bond acceptors (Lipinski definition) is 2. The van der Waals surface area contributed by atoms with Crippen molar-refractivity contribution in [2.24, 2.45) is 0 Å². The Bertz CT molecular complexity index is 695. The zero-order valence-corrected chi connectivity index (χ0v) is 11.9. The van der Waals surface area contributed by atoms with E-state index in [-0.39, 0.29) is 11.9 Å². The Morgan fingerprint density at radius 3 is 2.57 bits per heavy atom. The third-order valence-electron chi connectivity index (χ3n) is 4.53. The number of para-hydroxylation sites is 1. The summed E-state index contributed by atoms with van der Waals surface area (Å²) >= 11 is 0. The molecule has 1 amide bonds. The maximum absolute atomic E-state index is 12.8. The molecule has 0 radical (unpaired) electrons. The molecule has 0 saturated heterocycles. The second kappa shape index (κ2) is 5.01. The van der Waals surface area contributed by atoms with Gasteiger partial charge in [0.1, 0.15) is 0 Å². The van der Waals surface area contributed by atoms with Gasteiger partial charge in [-0.05, 0) is 35.6 Å². The molecule has 0 unspecified atom stereocenters. The Kier molecular flexibility index (Phi) is 3.00. The van der Waals surface area contributed by atoms with E-state index in [2.05, 4.69) is 41.7 Å². The van der Waals surface area contributed by atoms with Crippen LogP contribution in [0.4, 0.5) is 5.69 Å². The van der Waals surface area contributed by atoms with Crippen molar-refractivity contribution >= 4 is 11.6 Å². The lowest BCUT2D eigenvalue weighted by Gasteiger charge is -2.29. The molecule has 0 aromatic heterocycles. The van der Waals surface area contributed by atoms with E-state index in [1.807, 2.05) is 17.0 Å². The molecule has 2 heterocycles. The molecule has 0 bridgehead atoms. The zero-order chi connectivity index (χ0) is 14.2. The molecule has 1 atom stereocenters. The van der Waals surface area contributed by atoms with Crippen molar-refractivity contribution < 1.29 is 4.79 Å². The zero-order valence-electron chi connectivity index (χ0n) is 11.9. The van der Waals surface area contributed by atoms with Crippen LogP contribution in [-0.2, 0) is 24.2 Å². The maximum atomic E-state index is 12.8. The van der Waals surface area contributed by atoms with Crippen molar-refractivity contribution in [1.82, 2.24) is 5.32 Å². The van der Waals surface area contributed by atoms with Crippen molar-refractivity contribution in [2.45, 2.75) is 25.4 Å². The highest BCUT2D eigenvalue weighted by molar-refractivity contribution is 5.99. The smallest absolute Gasteiger partial charge is 0.244 e. The van der Waals surface area contributed by atoms with Gasteiger partial charge in [0.15, 0.2) is 0 Å². The summed E-state index contributed by atoms with van der Waals surface area (Å²) in [6.45, 7) is 1.58. The monoisotopic (exact) mass is 278 g/mol. The molecule has 3 nitrogen and oxygen atoms in total. The highest BCUT2D eigenvalue weighted by Crippen LogP contribution is 2.29. The Hall–Kier alpha value is -2.13. The number of nitrogens with one attached hydrogen (secondary N) is 1. The van der Waals surface area contributed by atoms with E-state index in [4.69, 9.17) is 0 Å². The Labute approximate surface area is 124 Å². The van der Waals surface area contributed by atoms with E-state index in [1.165, 1.54) is 16.7 Å². The lowest BCUT2D eigenvalue weighted by Crippen LogP contribution is -2.49. The van der Waals surface area contributed by atoms with E-state index in [9.17, 15) is 4.79 Å². The topological polar surface area (TPSA) is 32.3 Å². The first-order valence-electron chi connectivity index (χ1n) is 7.52. The number of benzene rings is 2. The fraction of sp³-hybridized carbons (Fsp3) is 0.278. The second-order valence-corrected chi connectivity index (χ2v) is 5.77. The first-order chi connectivity index (χ1) is 10.3. The predicted molar refractivity (Wildman–Crippen MR) is 83.3 cm³/mol. The minimum absolute atomic E-state index is 0.106. The second-order valence-electron chi connectivity index (χ2n) is 5.77. The van der Waals surface area contributed by atoms with Gasteiger partial charge in [0.05, 0.1) is 6.04 Å². The van der Waals surface area contributed by atoms with Crippen LogP contribution in [0.5, 0.6) is 0 Å². The van der Waals surface area contributed by atoms with Crippen molar-refractivity contribution in [3.8, 4) is 0 Å². The van der Waals surface area contributed by atoms with Crippen molar-refractivity contribution in [1.29, 1.82) is 0 Å². The lowest BCUT2D eigenvalue weighted by molar-refractivity contribution is -0.120. The van der Waals surface area contributed by atoms with Crippen LogP contribution in [0.1, 0.15) is 16.7 Å². The number of rotatable bonds is 1. The summed E-state index contributed by atoms with van der Waals surface area (Å²) in [5.74, 6) is 0.203. The van der Waals surface area contributed by atoms with E-state index < -0.39 is 0 Å². The number of carbonyl (C=O) groups excluding carboxylic acids is 1. The third-order valence-corrected chi connectivity index (χ3v) is 4.53. The van der Waals surface area contributed by atoms with Gasteiger partial charge in [-0.1, -0.05) is 42.5 Å². The number of anilines is 1. The van der Waals surface area contributed by atoms with Gasteiger partial charge in [0.2, 0.25) is 5.91 Å². The van der Waals surface area contributed by atoms with E-state index in [0.29, 0.717) is 0 Å². The van der Waals surface area contributed by atoms with Crippen LogP contribution in [0, 0.1) is 0 Å². The molecule has 106 valence electrons. The highest BCUT2D eigenvalue weighted by Gasteiger charge is 2.31. The third kappa shape index (κ3) is 2.14. The summed E-state index contributed by atoms with van der Waals surface area (Å²) < 4.78 is 0. The summed E-state index contributed by atoms with van der Waals surface area (Å²) in [6.07, 6.45) is 1.75. The van der Waals surface area contributed by atoms with Gasteiger partial charge in [-0.2, -0.15) is 0 Å². The van der Waals surface area contributed by atoms with E-state index in [1.54, 1.807) is 0 Å². The average molecular weight is 278 g/mol. The van der Waals surface area contributed by atoms with Gasteiger partial charge < -0.3 is 10.2 Å². The first-order valence-corrected chi connectivity index (χ1v) is 7.52. The van der Waals surface area contributed by atoms with Crippen LogP contribution in [0.25, 0.3) is 0 Å². The van der Waals surface area contributed by atoms with Crippen LogP contribution in [-0.4, -0.2) is 18.5 Å². The molecule has 2 aromatic rings. The lowest BCUT2D eigenvalue weighted by atomic mass is 9.95. The fourth-order valence-electron chi connectivity index (χ4n) is 3.38. The number of amides is 1. The summed E-state index contributed by atoms with van der Waals surface area (Å²) in [4.78, 5) is 14.8. The van der Waals surface area contributed by atoms with Crippen LogP contribution in [0.15, 0.2) is 48.5 Å². The SMILES string of the molecule is O=C([C@@H]1Cc2ccccc2CN1)N1CCc2ccccc21. The van der Waals surface area contributed by atoms with E-state index >= 15 is 0 Å². The molecule has 0 aliphatic carbocycles. The van der Waals surface area contributed by atoms with Gasteiger partial charge in [0, 0.05) is 18.8 Å². The molecule has 2 aliphatic rings. The molecule has 4 rings (SSSR count). The Balaban J connectivity index is 1.57. The Morgan fingerprint density at radius 2 is 1.71 bits per heavy atom. The first kappa shape index (κ1) is 12.6. The summed E-state index contributed by atoms with van der Waals surface area (Å²) in [5, 5.41) is 3.39. The van der Waals surface area contributed by atoms with Gasteiger partial charge in [-0.3, -0.25) is 4.79 Å². The molecule has 2 aliphatic heterocycles. The molecule has 3 heteroatoms. The normalized spacial score (nSPS) is 20.0. The van der Waals surface area contributed by atoms with Crippen LogP contribution >= 0.6 is 0 Å². The fourth-order valence-corrected chi connectivity index (χ4v) is 3.38. The standard InChI is InChI=1S/C18H18N2O/c21-18(20-10-9-13-5-3-4-8-17(13)20)16-11-14-6-1-2-7-15(14)12-19-16/h1-8,16,19H,9-12H2/t16-/m0/s1. The molecular formula is C18H18N2O. The number of nitrogens with zero attached hydrogens (tertiary/aromatic N) is 1. The predicted octanol–water partition coefficient (Wildman–Crippen LogP) is 2.29. The van der Waals surface area contributed by atoms with Crippen LogP contribution < -0.4 is 10.2 Å². The largest absolute Gasteiger partial charge is 0.310 e. The highest BCUT2D eigenvalue weighted by atomic mass is 16.2. The minimum atomic E-state index is -0.106. The quantitative estimate of drug-likeness (QED) is 0.868. The van der Waals surface area contributed by atoms with Crippen molar-refractivity contribution in [2.75, 3.05) is 11.4 Å².